The first-order chi connectivity index (χ1) is 6.70. The molecular weight excluding hydrogens is 172 g/mol. The van der Waals surface area contributed by atoms with Crippen molar-refractivity contribution in [3.05, 3.63) is 41.7 Å². The second-order valence-electron chi connectivity index (χ2n) is 3.77. The summed E-state index contributed by atoms with van der Waals surface area (Å²) in [5, 5.41) is 0. The van der Waals surface area contributed by atoms with E-state index >= 15 is 0 Å². The maximum Gasteiger partial charge on any atom is 0.0943 e. The molecule has 1 aromatic rings. The van der Waals surface area contributed by atoms with Crippen LogP contribution in [0.1, 0.15) is 13.8 Å². The van der Waals surface area contributed by atoms with E-state index in [4.69, 9.17) is 0 Å². The molecule has 0 aromatic heterocycles. The van der Waals surface area contributed by atoms with Crippen molar-refractivity contribution in [1.82, 2.24) is 4.90 Å². The highest BCUT2D eigenvalue weighted by Crippen LogP contribution is 2.27. The molecule has 2 rings (SSSR count). The third-order valence-electron chi connectivity index (χ3n) is 2.92. The molecule has 0 amide bonds. The highest BCUT2D eigenvalue weighted by atomic mass is 15.4. The Labute approximate surface area is 85.4 Å². The van der Waals surface area contributed by atoms with Gasteiger partial charge in [0.15, 0.2) is 0 Å². The molecule has 2 heteroatoms. The van der Waals surface area contributed by atoms with Gasteiger partial charge in [-0.15, -0.1) is 0 Å². The zero-order valence-electron chi connectivity index (χ0n) is 8.99. The SMILES string of the molecule is CC1=C(C)N(c2ccccc2)CN1C. The van der Waals surface area contributed by atoms with Crippen molar-refractivity contribution in [3.8, 4) is 0 Å². The lowest BCUT2D eigenvalue weighted by Crippen LogP contribution is -2.24. The lowest BCUT2D eigenvalue weighted by atomic mass is 10.3. The molecule has 0 atom stereocenters. The van der Waals surface area contributed by atoms with Gasteiger partial charge in [-0.2, -0.15) is 0 Å². The summed E-state index contributed by atoms with van der Waals surface area (Å²) in [6.07, 6.45) is 0. The van der Waals surface area contributed by atoms with Gasteiger partial charge in [0.05, 0.1) is 6.67 Å². The Kier molecular flexibility index (Phi) is 2.20. The smallest absolute Gasteiger partial charge is 0.0943 e. The molecule has 2 nitrogen and oxygen atoms in total. The predicted octanol–water partition coefficient (Wildman–Crippen LogP) is 2.65. The molecular formula is C12H16N2. The van der Waals surface area contributed by atoms with Crippen LogP contribution in [0.4, 0.5) is 5.69 Å². The highest BCUT2D eigenvalue weighted by molar-refractivity contribution is 5.53. The van der Waals surface area contributed by atoms with Crippen LogP contribution in [0.15, 0.2) is 41.7 Å². The topological polar surface area (TPSA) is 6.48 Å². The quantitative estimate of drug-likeness (QED) is 0.668. The van der Waals surface area contributed by atoms with Gasteiger partial charge in [-0.25, -0.2) is 0 Å². The van der Waals surface area contributed by atoms with Gasteiger partial charge in [-0.1, -0.05) is 18.2 Å². The van der Waals surface area contributed by atoms with Crippen LogP contribution < -0.4 is 4.90 Å². The molecule has 1 aliphatic heterocycles. The van der Waals surface area contributed by atoms with Gasteiger partial charge in [0.2, 0.25) is 0 Å². The van der Waals surface area contributed by atoms with E-state index in [9.17, 15) is 0 Å². The fourth-order valence-corrected chi connectivity index (χ4v) is 1.78. The summed E-state index contributed by atoms with van der Waals surface area (Å²) in [6, 6.07) is 10.5. The Hall–Kier alpha value is -1.44. The van der Waals surface area contributed by atoms with Gasteiger partial charge in [0.1, 0.15) is 0 Å². The zero-order valence-corrected chi connectivity index (χ0v) is 8.99. The Bertz CT molecular complexity index is 354. The van der Waals surface area contributed by atoms with Crippen LogP contribution in [-0.4, -0.2) is 18.6 Å². The van der Waals surface area contributed by atoms with E-state index in [1.165, 1.54) is 17.1 Å². The normalized spacial score (nSPS) is 16.8. The van der Waals surface area contributed by atoms with Gasteiger partial charge in [0.25, 0.3) is 0 Å². The van der Waals surface area contributed by atoms with E-state index < -0.39 is 0 Å². The Morgan fingerprint density at radius 3 is 2.14 bits per heavy atom. The summed E-state index contributed by atoms with van der Waals surface area (Å²) in [5.74, 6) is 0. The average Bonchev–Trinajstić information content (AvgIpc) is 2.47. The lowest BCUT2D eigenvalue weighted by molar-refractivity contribution is 0.460. The van der Waals surface area contributed by atoms with Crippen LogP contribution in [0, 0.1) is 0 Å². The highest BCUT2D eigenvalue weighted by Gasteiger charge is 2.20. The average molecular weight is 188 g/mol. The minimum atomic E-state index is 0.960. The second kappa shape index (κ2) is 3.37. The van der Waals surface area contributed by atoms with E-state index in [0.717, 1.165) is 6.67 Å². The Morgan fingerprint density at radius 2 is 1.64 bits per heavy atom. The fourth-order valence-electron chi connectivity index (χ4n) is 1.78. The molecule has 74 valence electrons. The summed E-state index contributed by atoms with van der Waals surface area (Å²) in [6.45, 7) is 5.30. The molecule has 0 saturated carbocycles. The van der Waals surface area contributed by atoms with Gasteiger partial charge in [0, 0.05) is 24.1 Å². The van der Waals surface area contributed by atoms with Crippen molar-refractivity contribution in [1.29, 1.82) is 0 Å². The van der Waals surface area contributed by atoms with Gasteiger partial charge in [-0.3, -0.25) is 0 Å². The van der Waals surface area contributed by atoms with E-state index in [0.29, 0.717) is 0 Å². The molecule has 0 N–H and O–H groups in total. The number of allylic oxidation sites excluding steroid dienone is 2. The van der Waals surface area contributed by atoms with E-state index in [2.05, 4.69) is 61.0 Å². The molecule has 1 aliphatic rings. The minimum absolute atomic E-state index is 0.960. The maximum atomic E-state index is 2.33. The molecule has 14 heavy (non-hydrogen) atoms. The standard InChI is InChI=1S/C12H16N2/c1-10-11(2)14(9-13(10)3)12-7-5-4-6-8-12/h4-8H,9H2,1-3H3. The van der Waals surface area contributed by atoms with Crippen LogP contribution in [0.2, 0.25) is 0 Å². The molecule has 0 fully saturated rings. The van der Waals surface area contributed by atoms with Crippen LogP contribution in [0.5, 0.6) is 0 Å². The number of nitrogens with zero attached hydrogens (tertiary/aromatic N) is 2. The molecule has 0 saturated heterocycles. The van der Waals surface area contributed by atoms with Crippen molar-refractivity contribution in [2.75, 3.05) is 18.6 Å². The van der Waals surface area contributed by atoms with Crippen molar-refractivity contribution >= 4 is 5.69 Å². The van der Waals surface area contributed by atoms with E-state index in [1.54, 1.807) is 0 Å². The number of hydrogen-bond acceptors (Lipinski definition) is 2. The van der Waals surface area contributed by atoms with E-state index in [-0.39, 0.29) is 0 Å². The Balaban J connectivity index is 2.32. The number of anilines is 1. The molecule has 0 radical (unpaired) electrons. The van der Waals surface area contributed by atoms with Crippen LogP contribution >= 0.6 is 0 Å². The van der Waals surface area contributed by atoms with Crippen molar-refractivity contribution in [3.63, 3.8) is 0 Å². The molecule has 0 unspecified atom stereocenters. The van der Waals surface area contributed by atoms with E-state index in [1.807, 2.05) is 0 Å². The monoisotopic (exact) mass is 188 g/mol. The first-order valence-corrected chi connectivity index (χ1v) is 4.91. The summed E-state index contributed by atoms with van der Waals surface area (Å²) in [4.78, 5) is 4.59. The molecule has 0 spiro atoms. The van der Waals surface area contributed by atoms with Crippen LogP contribution in [0.3, 0.4) is 0 Å². The first-order valence-electron chi connectivity index (χ1n) is 4.91. The largest absolute Gasteiger partial charge is 0.359 e. The number of para-hydroxylation sites is 1. The van der Waals surface area contributed by atoms with Gasteiger partial charge < -0.3 is 9.80 Å². The fraction of sp³-hybridized carbons (Fsp3) is 0.333. The lowest BCUT2D eigenvalue weighted by Gasteiger charge is -2.20. The summed E-state index contributed by atoms with van der Waals surface area (Å²) in [7, 11) is 2.13. The van der Waals surface area contributed by atoms with Crippen molar-refractivity contribution in [2.45, 2.75) is 13.8 Å². The summed E-state index contributed by atoms with van der Waals surface area (Å²) in [5.41, 5.74) is 3.97. The molecule has 0 bridgehead atoms. The van der Waals surface area contributed by atoms with Crippen molar-refractivity contribution in [2.24, 2.45) is 0 Å². The molecule has 1 heterocycles. The second-order valence-corrected chi connectivity index (χ2v) is 3.77. The number of hydrogen-bond donors (Lipinski definition) is 0. The van der Waals surface area contributed by atoms with Gasteiger partial charge >= 0.3 is 0 Å². The minimum Gasteiger partial charge on any atom is -0.359 e. The molecule has 0 aliphatic carbocycles. The summed E-state index contributed by atoms with van der Waals surface area (Å²) < 4.78 is 0. The first kappa shape index (κ1) is 9.13. The molecule has 1 aromatic carbocycles. The van der Waals surface area contributed by atoms with Crippen molar-refractivity contribution < 1.29 is 0 Å². The van der Waals surface area contributed by atoms with Crippen LogP contribution in [-0.2, 0) is 0 Å². The van der Waals surface area contributed by atoms with Crippen LogP contribution in [0.25, 0.3) is 0 Å². The predicted molar refractivity (Wildman–Crippen MR) is 59.9 cm³/mol. The van der Waals surface area contributed by atoms with Gasteiger partial charge in [-0.05, 0) is 26.0 Å². The zero-order chi connectivity index (χ0) is 10.1. The third kappa shape index (κ3) is 1.37. The summed E-state index contributed by atoms with van der Waals surface area (Å²) >= 11 is 0. The number of benzene rings is 1. The number of rotatable bonds is 1. The maximum absolute atomic E-state index is 2.33. The third-order valence-corrected chi connectivity index (χ3v) is 2.92. The Morgan fingerprint density at radius 1 is 1.00 bits per heavy atom.